The lowest BCUT2D eigenvalue weighted by Crippen LogP contribution is -2.44. The summed E-state index contributed by atoms with van der Waals surface area (Å²) < 4.78 is 5.56. The van der Waals surface area contributed by atoms with Crippen LogP contribution >= 0.6 is 0 Å². The van der Waals surface area contributed by atoms with Crippen molar-refractivity contribution in [2.75, 3.05) is 44.7 Å². The molecule has 0 unspecified atom stereocenters. The van der Waals surface area contributed by atoms with E-state index >= 15 is 0 Å². The van der Waals surface area contributed by atoms with Crippen LogP contribution in [0.25, 0.3) is 6.08 Å². The minimum atomic E-state index is 0.135. The monoisotopic (exact) mass is 362 g/mol. The van der Waals surface area contributed by atoms with Crippen molar-refractivity contribution in [1.29, 1.82) is 0 Å². The molecular weight excluding hydrogens is 336 g/mol. The van der Waals surface area contributed by atoms with Gasteiger partial charge in [-0.3, -0.25) is 4.79 Å². The van der Waals surface area contributed by atoms with E-state index in [-0.39, 0.29) is 5.78 Å². The van der Waals surface area contributed by atoms with E-state index in [4.69, 9.17) is 4.74 Å². The van der Waals surface area contributed by atoms with E-state index < -0.39 is 0 Å². The number of allylic oxidation sites excluding steroid dienone is 1. The summed E-state index contributed by atoms with van der Waals surface area (Å²) in [5.74, 6) is 0.970. The lowest BCUT2D eigenvalue weighted by molar-refractivity contribution is 0.104. The molecule has 0 spiro atoms. The number of likely N-dealkylation sites (N-methyl/N-ethyl adjacent to an activating group) is 1. The number of carbonyl (C=O) groups excluding carboxylic acids is 1. The van der Waals surface area contributed by atoms with Crippen LogP contribution in [0.1, 0.15) is 28.4 Å². The number of nitrogens with zero attached hydrogens (tertiary/aromatic N) is 2. The van der Waals surface area contributed by atoms with Gasteiger partial charge in [-0.05, 0) is 61.5 Å². The van der Waals surface area contributed by atoms with Crippen LogP contribution in [-0.4, -0.2) is 50.5 Å². The highest BCUT2D eigenvalue weighted by Crippen LogP contribution is 2.31. The molecule has 1 saturated heterocycles. The molecule has 140 valence electrons. The average molecular weight is 362 g/mol. The Kier molecular flexibility index (Phi) is 4.99. The van der Waals surface area contributed by atoms with E-state index in [1.54, 1.807) is 0 Å². The Morgan fingerprint density at radius 3 is 2.48 bits per heavy atom. The highest BCUT2D eigenvalue weighted by atomic mass is 16.5. The summed E-state index contributed by atoms with van der Waals surface area (Å²) in [5, 5.41) is 0. The zero-order valence-electron chi connectivity index (χ0n) is 16.1. The van der Waals surface area contributed by atoms with Gasteiger partial charge in [0.15, 0.2) is 5.78 Å². The van der Waals surface area contributed by atoms with Gasteiger partial charge in [-0.15, -0.1) is 0 Å². The van der Waals surface area contributed by atoms with Crippen molar-refractivity contribution in [3.05, 3.63) is 64.7 Å². The molecule has 0 N–H and O–H groups in total. The maximum atomic E-state index is 12.7. The number of fused-ring (bicyclic) bond motifs is 1. The van der Waals surface area contributed by atoms with Gasteiger partial charge >= 0.3 is 0 Å². The number of benzene rings is 2. The number of ketones is 1. The molecule has 27 heavy (non-hydrogen) atoms. The molecule has 2 aromatic carbocycles. The molecule has 2 aromatic rings. The topological polar surface area (TPSA) is 32.8 Å². The Bertz CT molecular complexity index is 862. The van der Waals surface area contributed by atoms with E-state index in [1.165, 1.54) is 5.69 Å². The summed E-state index contributed by atoms with van der Waals surface area (Å²) in [7, 11) is 2.17. The third kappa shape index (κ3) is 3.76. The molecule has 1 heterocycles. The summed E-state index contributed by atoms with van der Waals surface area (Å²) in [5.41, 5.74) is 5.05. The smallest absolute Gasteiger partial charge is 0.189 e. The van der Waals surface area contributed by atoms with Crippen LogP contribution in [-0.2, 0) is 6.42 Å². The second kappa shape index (κ2) is 7.57. The quantitative estimate of drug-likeness (QED) is 0.777. The zero-order valence-corrected chi connectivity index (χ0v) is 16.1. The molecule has 1 aliphatic heterocycles. The summed E-state index contributed by atoms with van der Waals surface area (Å²) >= 11 is 0. The highest BCUT2D eigenvalue weighted by molar-refractivity contribution is 6.15. The van der Waals surface area contributed by atoms with Crippen molar-refractivity contribution < 1.29 is 9.53 Å². The molecule has 4 heteroatoms. The minimum absolute atomic E-state index is 0.135. The molecule has 0 amide bonds. The standard InChI is InChI=1S/C23H26N2O2/c1-3-27-21-8-9-22-18(16-21)15-19(23(22)26)14-17-4-6-20(7-5-17)25-12-10-24(2)11-13-25/h4-9,14,16H,3,10-13,15H2,1-2H3/b19-14+. The SMILES string of the molecule is CCOc1ccc2c(c1)C/C(=C\c1ccc(N3CCN(C)CC3)cc1)C2=O. The van der Waals surface area contributed by atoms with Crippen molar-refractivity contribution in [2.45, 2.75) is 13.3 Å². The maximum Gasteiger partial charge on any atom is 0.189 e. The number of anilines is 1. The normalized spacial score (nSPS) is 18.8. The Morgan fingerprint density at radius 1 is 1.04 bits per heavy atom. The van der Waals surface area contributed by atoms with Gasteiger partial charge in [0.05, 0.1) is 6.61 Å². The highest BCUT2D eigenvalue weighted by Gasteiger charge is 2.25. The van der Waals surface area contributed by atoms with Gasteiger partial charge in [-0.1, -0.05) is 12.1 Å². The van der Waals surface area contributed by atoms with Crippen LogP contribution in [0, 0.1) is 0 Å². The first kappa shape index (κ1) is 17.8. The second-order valence-corrected chi connectivity index (χ2v) is 7.31. The Hall–Kier alpha value is -2.59. The van der Waals surface area contributed by atoms with Gasteiger partial charge in [-0.25, -0.2) is 0 Å². The zero-order chi connectivity index (χ0) is 18.8. The van der Waals surface area contributed by atoms with Gasteiger partial charge in [-0.2, -0.15) is 0 Å². The predicted molar refractivity (Wildman–Crippen MR) is 110 cm³/mol. The molecule has 0 atom stereocenters. The molecule has 4 rings (SSSR count). The average Bonchev–Trinajstić information content (AvgIpc) is 2.98. The summed E-state index contributed by atoms with van der Waals surface area (Å²) in [6.07, 6.45) is 2.70. The van der Waals surface area contributed by atoms with Crippen LogP contribution in [0.3, 0.4) is 0 Å². The first-order valence-corrected chi connectivity index (χ1v) is 9.68. The Labute approximate surface area is 161 Å². The molecule has 4 nitrogen and oxygen atoms in total. The van der Waals surface area contributed by atoms with Gasteiger partial charge in [0, 0.05) is 49.4 Å². The van der Waals surface area contributed by atoms with E-state index in [2.05, 4.69) is 41.1 Å². The lowest BCUT2D eigenvalue weighted by atomic mass is 10.1. The van der Waals surface area contributed by atoms with E-state index in [9.17, 15) is 4.79 Å². The molecular formula is C23H26N2O2. The molecule has 0 bridgehead atoms. The van der Waals surface area contributed by atoms with E-state index in [0.29, 0.717) is 13.0 Å². The van der Waals surface area contributed by atoms with Crippen molar-refractivity contribution in [2.24, 2.45) is 0 Å². The molecule has 0 saturated carbocycles. The summed E-state index contributed by atoms with van der Waals surface area (Å²) in [6.45, 7) is 6.93. The van der Waals surface area contributed by atoms with E-state index in [0.717, 1.165) is 54.2 Å². The first-order chi connectivity index (χ1) is 13.1. The number of ether oxygens (including phenoxy) is 1. The number of Topliss-reactive ketones (excluding diaryl/α,β-unsaturated/α-hetero) is 1. The lowest BCUT2D eigenvalue weighted by Gasteiger charge is -2.34. The fourth-order valence-corrected chi connectivity index (χ4v) is 3.82. The van der Waals surface area contributed by atoms with Crippen molar-refractivity contribution in [3.8, 4) is 5.75 Å². The molecule has 1 aliphatic carbocycles. The second-order valence-electron chi connectivity index (χ2n) is 7.31. The van der Waals surface area contributed by atoms with Gasteiger partial charge in [0.25, 0.3) is 0 Å². The Morgan fingerprint density at radius 2 is 1.78 bits per heavy atom. The molecule has 0 aromatic heterocycles. The third-order valence-electron chi connectivity index (χ3n) is 5.41. The molecule has 0 radical (unpaired) electrons. The summed E-state index contributed by atoms with van der Waals surface area (Å²) in [4.78, 5) is 17.5. The van der Waals surface area contributed by atoms with Crippen molar-refractivity contribution in [3.63, 3.8) is 0 Å². The number of piperazine rings is 1. The number of hydrogen-bond acceptors (Lipinski definition) is 4. The van der Waals surface area contributed by atoms with Crippen LogP contribution < -0.4 is 9.64 Å². The van der Waals surface area contributed by atoms with E-state index in [1.807, 2.05) is 31.2 Å². The molecule has 1 fully saturated rings. The van der Waals surface area contributed by atoms with Crippen LogP contribution in [0.5, 0.6) is 5.75 Å². The van der Waals surface area contributed by atoms with Gasteiger partial charge in [0.1, 0.15) is 5.75 Å². The number of carbonyl (C=O) groups is 1. The van der Waals surface area contributed by atoms with Crippen LogP contribution in [0.2, 0.25) is 0 Å². The molecule has 2 aliphatic rings. The largest absolute Gasteiger partial charge is 0.494 e. The third-order valence-corrected chi connectivity index (χ3v) is 5.41. The first-order valence-electron chi connectivity index (χ1n) is 9.68. The predicted octanol–water partition coefficient (Wildman–Crippen LogP) is 3.66. The maximum absolute atomic E-state index is 12.7. The van der Waals surface area contributed by atoms with Gasteiger partial charge in [0.2, 0.25) is 0 Å². The fraction of sp³-hybridized carbons (Fsp3) is 0.348. The van der Waals surface area contributed by atoms with Crippen LogP contribution in [0.4, 0.5) is 5.69 Å². The fourth-order valence-electron chi connectivity index (χ4n) is 3.82. The van der Waals surface area contributed by atoms with Gasteiger partial charge < -0.3 is 14.5 Å². The van der Waals surface area contributed by atoms with Crippen molar-refractivity contribution >= 4 is 17.5 Å². The number of hydrogen-bond donors (Lipinski definition) is 0. The minimum Gasteiger partial charge on any atom is -0.494 e. The van der Waals surface area contributed by atoms with Crippen LogP contribution in [0.15, 0.2) is 48.0 Å². The summed E-state index contributed by atoms with van der Waals surface area (Å²) in [6, 6.07) is 14.3. The van der Waals surface area contributed by atoms with Crippen molar-refractivity contribution in [1.82, 2.24) is 4.90 Å². The number of rotatable bonds is 4. The Balaban J connectivity index is 1.49.